The lowest BCUT2D eigenvalue weighted by molar-refractivity contribution is 1.30. The van der Waals surface area contributed by atoms with Crippen LogP contribution < -0.4 is 5.73 Å². The third kappa shape index (κ3) is 2.25. The molecule has 0 unspecified atom stereocenters. The summed E-state index contributed by atoms with van der Waals surface area (Å²) in [6.07, 6.45) is 2.07. The van der Waals surface area contributed by atoms with E-state index in [1.165, 1.54) is 16.7 Å². The Morgan fingerprint density at radius 2 is 2.00 bits per heavy atom. The fourth-order valence-electron chi connectivity index (χ4n) is 1.26. The molecule has 0 spiro atoms. The van der Waals surface area contributed by atoms with Gasteiger partial charge in [0.2, 0.25) is 0 Å². The first-order valence-electron chi connectivity index (χ1n) is 4.71. The number of nitrogens with two attached hydrogens (primary N) is 1. The first kappa shape index (κ1) is 10.6. The maximum atomic E-state index is 5.61. The van der Waals surface area contributed by atoms with Crippen LogP contribution in [0.1, 0.15) is 23.6 Å². The molecule has 0 aromatic heterocycles. The maximum Gasteiger partial charge on any atom is 0.0270 e. The molecule has 1 rings (SSSR count). The van der Waals surface area contributed by atoms with Crippen LogP contribution in [0, 0.1) is 13.8 Å². The van der Waals surface area contributed by atoms with E-state index < -0.39 is 0 Å². The molecular formula is C13H17N. The van der Waals surface area contributed by atoms with E-state index in [2.05, 4.69) is 44.7 Å². The molecule has 0 bridgehead atoms. The van der Waals surface area contributed by atoms with E-state index >= 15 is 0 Å². The zero-order chi connectivity index (χ0) is 10.7. The van der Waals surface area contributed by atoms with Gasteiger partial charge in [0.25, 0.3) is 0 Å². The van der Waals surface area contributed by atoms with E-state index in [-0.39, 0.29) is 0 Å². The lowest BCUT2D eigenvalue weighted by Crippen LogP contribution is -1.96. The normalized spacial score (nSPS) is 11.5. The second kappa shape index (κ2) is 4.14. The van der Waals surface area contributed by atoms with Gasteiger partial charge in [-0.3, -0.25) is 0 Å². The summed E-state index contributed by atoms with van der Waals surface area (Å²) in [7, 11) is 0. The minimum Gasteiger partial charge on any atom is -0.399 e. The highest BCUT2D eigenvalue weighted by Crippen LogP contribution is 2.17. The van der Waals surface area contributed by atoms with Crippen LogP contribution in [0.2, 0.25) is 0 Å². The van der Waals surface area contributed by atoms with Gasteiger partial charge in [-0.2, -0.15) is 0 Å². The van der Waals surface area contributed by atoms with Crippen molar-refractivity contribution in [3.63, 3.8) is 0 Å². The number of allylic oxidation sites excluding steroid dienone is 1. The SMILES string of the molecule is C=C(N)/C(C)=C/c1cccc(C)c1C. The molecule has 14 heavy (non-hydrogen) atoms. The molecule has 0 aliphatic heterocycles. The van der Waals surface area contributed by atoms with Crippen LogP contribution in [-0.4, -0.2) is 0 Å². The number of hydrogen-bond acceptors (Lipinski definition) is 1. The zero-order valence-corrected chi connectivity index (χ0v) is 9.09. The predicted molar refractivity (Wildman–Crippen MR) is 62.9 cm³/mol. The van der Waals surface area contributed by atoms with Gasteiger partial charge < -0.3 is 5.73 Å². The van der Waals surface area contributed by atoms with Crippen molar-refractivity contribution in [2.24, 2.45) is 5.73 Å². The van der Waals surface area contributed by atoms with Gasteiger partial charge in [0.15, 0.2) is 0 Å². The van der Waals surface area contributed by atoms with Gasteiger partial charge in [-0.15, -0.1) is 0 Å². The lowest BCUT2D eigenvalue weighted by atomic mass is 10.0. The Morgan fingerprint density at radius 1 is 1.36 bits per heavy atom. The van der Waals surface area contributed by atoms with Crippen LogP contribution in [0.15, 0.2) is 36.0 Å². The largest absolute Gasteiger partial charge is 0.399 e. The monoisotopic (exact) mass is 187 g/mol. The van der Waals surface area contributed by atoms with Gasteiger partial charge in [0.05, 0.1) is 0 Å². The van der Waals surface area contributed by atoms with E-state index in [9.17, 15) is 0 Å². The Bertz CT molecular complexity index is 386. The molecule has 74 valence electrons. The molecule has 1 aromatic rings. The van der Waals surface area contributed by atoms with Gasteiger partial charge in [-0.05, 0) is 49.1 Å². The Morgan fingerprint density at radius 3 is 2.57 bits per heavy atom. The average Bonchev–Trinajstić information content (AvgIpc) is 2.12. The van der Waals surface area contributed by atoms with Gasteiger partial charge >= 0.3 is 0 Å². The highest BCUT2D eigenvalue weighted by Gasteiger charge is 1.98. The van der Waals surface area contributed by atoms with Crippen LogP contribution in [0.25, 0.3) is 6.08 Å². The zero-order valence-electron chi connectivity index (χ0n) is 9.09. The van der Waals surface area contributed by atoms with Crippen LogP contribution in [-0.2, 0) is 0 Å². The van der Waals surface area contributed by atoms with E-state index in [1.807, 2.05) is 6.92 Å². The van der Waals surface area contributed by atoms with E-state index in [0.29, 0.717) is 5.70 Å². The van der Waals surface area contributed by atoms with Gasteiger partial charge in [0, 0.05) is 5.70 Å². The van der Waals surface area contributed by atoms with Crippen molar-refractivity contribution >= 4 is 6.08 Å². The summed E-state index contributed by atoms with van der Waals surface area (Å²) in [5, 5.41) is 0. The molecule has 1 heteroatoms. The van der Waals surface area contributed by atoms with Crippen molar-refractivity contribution in [2.75, 3.05) is 0 Å². The summed E-state index contributed by atoms with van der Waals surface area (Å²) in [6.45, 7) is 9.92. The van der Waals surface area contributed by atoms with Crippen molar-refractivity contribution in [3.8, 4) is 0 Å². The molecule has 0 saturated carbocycles. The maximum absolute atomic E-state index is 5.61. The Labute approximate surface area is 85.9 Å². The highest BCUT2D eigenvalue weighted by atomic mass is 14.6. The summed E-state index contributed by atoms with van der Waals surface area (Å²) in [5.41, 5.74) is 11.1. The van der Waals surface area contributed by atoms with Crippen molar-refractivity contribution in [1.29, 1.82) is 0 Å². The Kier molecular flexibility index (Phi) is 3.13. The molecule has 0 saturated heterocycles. The van der Waals surface area contributed by atoms with Crippen molar-refractivity contribution in [3.05, 3.63) is 52.7 Å². The number of aryl methyl sites for hydroxylation is 1. The molecule has 0 aliphatic rings. The molecule has 0 fully saturated rings. The molecule has 0 aliphatic carbocycles. The third-order valence-electron chi connectivity index (χ3n) is 2.53. The van der Waals surface area contributed by atoms with Crippen LogP contribution in [0.3, 0.4) is 0 Å². The summed E-state index contributed by atoms with van der Waals surface area (Å²) >= 11 is 0. The molecular weight excluding hydrogens is 170 g/mol. The quantitative estimate of drug-likeness (QED) is 0.707. The molecule has 1 aromatic carbocycles. The fraction of sp³-hybridized carbons (Fsp3) is 0.231. The predicted octanol–water partition coefficient (Wildman–Crippen LogP) is 3.18. The minimum absolute atomic E-state index is 0.630. The molecule has 0 amide bonds. The second-order valence-corrected chi connectivity index (χ2v) is 3.64. The lowest BCUT2D eigenvalue weighted by Gasteiger charge is -2.06. The van der Waals surface area contributed by atoms with Crippen LogP contribution in [0.5, 0.6) is 0 Å². The number of benzene rings is 1. The van der Waals surface area contributed by atoms with Crippen molar-refractivity contribution in [1.82, 2.24) is 0 Å². The third-order valence-corrected chi connectivity index (χ3v) is 2.53. The minimum atomic E-state index is 0.630. The summed E-state index contributed by atoms with van der Waals surface area (Å²) in [5.74, 6) is 0. The molecule has 0 radical (unpaired) electrons. The van der Waals surface area contributed by atoms with Gasteiger partial charge in [0.1, 0.15) is 0 Å². The average molecular weight is 187 g/mol. The molecule has 2 N–H and O–H groups in total. The first-order chi connectivity index (χ1) is 6.52. The first-order valence-corrected chi connectivity index (χ1v) is 4.71. The topological polar surface area (TPSA) is 26.0 Å². The van der Waals surface area contributed by atoms with Crippen LogP contribution >= 0.6 is 0 Å². The summed E-state index contributed by atoms with van der Waals surface area (Å²) in [4.78, 5) is 0. The van der Waals surface area contributed by atoms with Crippen molar-refractivity contribution < 1.29 is 0 Å². The summed E-state index contributed by atoms with van der Waals surface area (Å²) in [6, 6.07) is 6.26. The highest BCUT2D eigenvalue weighted by molar-refractivity contribution is 5.60. The van der Waals surface area contributed by atoms with Gasteiger partial charge in [-0.1, -0.05) is 24.8 Å². The smallest absolute Gasteiger partial charge is 0.0270 e. The van der Waals surface area contributed by atoms with E-state index in [0.717, 1.165) is 5.57 Å². The Balaban J connectivity index is 3.15. The number of rotatable bonds is 2. The molecule has 1 nitrogen and oxygen atoms in total. The standard InChI is InChI=1S/C13H17N/c1-9-6-5-7-13(11(9)3)8-10(2)12(4)14/h5-8H,4,14H2,1-3H3/b10-8+. The Hall–Kier alpha value is -1.50. The second-order valence-electron chi connectivity index (χ2n) is 3.64. The van der Waals surface area contributed by atoms with Gasteiger partial charge in [-0.25, -0.2) is 0 Å². The molecule has 0 heterocycles. The number of hydrogen-bond donors (Lipinski definition) is 1. The molecule has 0 atom stereocenters. The van der Waals surface area contributed by atoms with E-state index in [4.69, 9.17) is 5.73 Å². The van der Waals surface area contributed by atoms with Crippen molar-refractivity contribution in [2.45, 2.75) is 20.8 Å². The fourth-order valence-corrected chi connectivity index (χ4v) is 1.26. The van der Waals surface area contributed by atoms with E-state index in [1.54, 1.807) is 0 Å². The van der Waals surface area contributed by atoms with Crippen LogP contribution in [0.4, 0.5) is 0 Å². The summed E-state index contributed by atoms with van der Waals surface area (Å²) < 4.78 is 0.